The third kappa shape index (κ3) is 7.72. The zero-order valence-electron chi connectivity index (χ0n) is 16.4. The zero-order chi connectivity index (χ0) is 18.8. The number of likely N-dealkylation sites (N-methyl/N-ethyl adjacent to an activating group) is 1. The fourth-order valence-electron chi connectivity index (χ4n) is 3.00. The van der Waals surface area contributed by atoms with Gasteiger partial charge in [-0.05, 0) is 30.2 Å². The summed E-state index contributed by atoms with van der Waals surface area (Å²) in [6, 6.07) is 9.67. The summed E-state index contributed by atoms with van der Waals surface area (Å²) >= 11 is 0. The van der Waals surface area contributed by atoms with E-state index in [0.29, 0.717) is 18.9 Å². The molecule has 1 rings (SSSR count). The summed E-state index contributed by atoms with van der Waals surface area (Å²) in [7, 11) is 1.75. The van der Waals surface area contributed by atoms with Crippen LogP contribution in [-0.2, 0) is 16.0 Å². The average molecular weight is 347 g/mol. The first-order chi connectivity index (χ1) is 11.8. The van der Waals surface area contributed by atoms with E-state index in [1.807, 2.05) is 32.0 Å². The van der Waals surface area contributed by atoms with Crippen molar-refractivity contribution in [1.29, 1.82) is 0 Å². The minimum absolute atomic E-state index is 0.0533. The van der Waals surface area contributed by atoms with Crippen molar-refractivity contribution in [1.82, 2.24) is 10.2 Å². The smallest absolute Gasteiger partial charge is 0.243 e. The summed E-state index contributed by atoms with van der Waals surface area (Å²) < 4.78 is 0. The first kappa shape index (κ1) is 21.2. The van der Waals surface area contributed by atoms with E-state index in [0.717, 1.165) is 19.3 Å². The van der Waals surface area contributed by atoms with Gasteiger partial charge in [0, 0.05) is 20.0 Å². The molecule has 0 unspecified atom stereocenters. The van der Waals surface area contributed by atoms with Gasteiger partial charge in [-0.3, -0.25) is 9.59 Å². The second-order valence-electron chi connectivity index (χ2n) is 7.51. The molecule has 4 nitrogen and oxygen atoms in total. The Morgan fingerprint density at radius 1 is 1.08 bits per heavy atom. The van der Waals surface area contributed by atoms with Crippen LogP contribution in [0, 0.1) is 11.8 Å². The number of hydrogen-bond donors (Lipinski definition) is 1. The topological polar surface area (TPSA) is 49.4 Å². The fourth-order valence-corrected chi connectivity index (χ4v) is 3.00. The Morgan fingerprint density at radius 3 is 2.28 bits per heavy atom. The maximum Gasteiger partial charge on any atom is 0.243 e. The number of rotatable bonds is 10. The molecule has 25 heavy (non-hydrogen) atoms. The molecule has 140 valence electrons. The SMILES string of the molecule is CC(C)CCCC(=O)N(C)[C@H](C(=O)NCCc1ccccc1)C(C)C. The van der Waals surface area contributed by atoms with Crippen molar-refractivity contribution in [3.63, 3.8) is 0 Å². The zero-order valence-corrected chi connectivity index (χ0v) is 16.4. The van der Waals surface area contributed by atoms with Crippen molar-refractivity contribution >= 4 is 11.8 Å². The Bertz CT molecular complexity index is 526. The van der Waals surface area contributed by atoms with E-state index in [1.54, 1.807) is 11.9 Å². The van der Waals surface area contributed by atoms with E-state index in [-0.39, 0.29) is 17.7 Å². The predicted molar refractivity (Wildman–Crippen MR) is 103 cm³/mol. The van der Waals surface area contributed by atoms with Gasteiger partial charge in [0.15, 0.2) is 0 Å². The Labute approximate surface area is 153 Å². The lowest BCUT2D eigenvalue weighted by Gasteiger charge is -2.30. The first-order valence-corrected chi connectivity index (χ1v) is 9.40. The lowest BCUT2D eigenvalue weighted by molar-refractivity contribution is -0.140. The van der Waals surface area contributed by atoms with Gasteiger partial charge in [0.1, 0.15) is 6.04 Å². The van der Waals surface area contributed by atoms with Gasteiger partial charge < -0.3 is 10.2 Å². The summed E-state index contributed by atoms with van der Waals surface area (Å²) in [5.41, 5.74) is 1.20. The molecule has 0 fully saturated rings. The van der Waals surface area contributed by atoms with Gasteiger partial charge in [-0.15, -0.1) is 0 Å². The van der Waals surface area contributed by atoms with Crippen molar-refractivity contribution in [2.75, 3.05) is 13.6 Å². The third-order valence-electron chi connectivity index (χ3n) is 4.44. The van der Waals surface area contributed by atoms with Gasteiger partial charge in [-0.2, -0.15) is 0 Å². The summed E-state index contributed by atoms with van der Waals surface area (Å²) in [4.78, 5) is 26.6. The highest BCUT2D eigenvalue weighted by molar-refractivity contribution is 5.87. The summed E-state index contributed by atoms with van der Waals surface area (Å²) in [5, 5.41) is 2.99. The molecule has 0 aliphatic carbocycles. The van der Waals surface area contributed by atoms with E-state index < -0.39 is 6.04 Å². The predicted octanol–water partition coefficient (Wildman–Crippen LogP) is 3.65. The number of amides is 2. The van der Waals surface area contributed by atoms with E-state index in [1.165, 1.54) is 5.56 Å². The molecule has 0 heterocycles. The van der Waals surface area contributed by atoms with E-state index in [4.69, 9.17) is 0 Å². The molecular formula is C21H34N2O2. The van der Waals surface area contributed by atoms with Gasteiger partial charge in [0.25, 0.3) is 0 Å². The third-order valence-corrected chi connectivity index (χ3v) is 4.44. The van der Waals surface area contributed by atoms with E-state index in [2.05, 4.69) is 31.3 Å². The number of nitrogens with one attached hydrogen (secondary N) is 1. The van der Waals surface area contributed by atoms with Gasteiger partial charge in [-0.25, -0.2) is 0 Å². The standard InChI is InChI=1S/C21H34N2O2/c1-16(2)10-9-13-19(24)23(5)20(17(3)4)21(25)22-15-14-18-11-7-6-8-12-18/h6-8,11-12,16-17,20H,9-10,13-15H2,1-5H3,(H,22,25)/t20-/m0/s1. The minimum Gasteiger partial charge on any atom is -0.354 e. The van der Waals surface area contributed by atoms with Gasteiger partial charge in [0.2, 0.25) is 11.8 Å². The molecule has 0 aliphatic rings. The molecule has 4 heteroatoms. The molecule has 0 aromatic heterocycles. The highest BCUT2D eigenvalue weighted by Crippen LogP contribution is 2.14. The second-order valence-corrected chi connectivity index (χ2v) is 7.51. The maximum atomic E-state index is 12.6. The van der Waals surface area contributed by atoms with Crippen LogP contribution < -0.4 is 5.32 Å². The van der Waals surface area contributed by atoms with Crippen LogP contribution >= 0.6 is 0 Å². The molecule has 2 amide bonds. The fraction of sp³-hybridized carbons (Fsp3) is 0.619. The van der Waals surface area contributed by atoms with Crippen LogP contribution in [0.1, 0.15) is 52.5 Å². The van der Waals surface area contributed by atoms with Gasteiger partial charge in [0.05, 0.1) is 0 Å². The van der Waals surface area contributed by atoms with Crippen LogP contribution in [-0.4, -0.2) is 36.3 Å². The van der Waals surface area contributed by atoms with Crippen LogP contribution in [0.5, 0.6) is 0 Å². The molecule has 1 aromatic carbocycles. The summed E-state index contributed by atoms with van der Waals surface area (Å²) in [5.74, 6) is 0.666. The monoisotopic (exact) mass is 346 g/mol. The lowest BCUT2D eigenvalue weighted by atomic mass is 10.0. The first-order valence-electron chi connectivity index (χ1n) is 9.40. The van der Waals surface area contributed by atoms with E-state index in [9.17, 15) is 9.59 Å². The van der Waals surface area contributed by atoms with Crippen LogP contribution in [0.2, 0.25) is 0 Å². The van der Waals surface area contributed by atoms with Crippen LogP contribution in [0.3, 0.4) is 0 Å². The molecule has 0 bridgehead atoms. The second kappa shape index (κ2) is 10.9. The molecular weight excluding hydrogens is 312 g/mol. The van der Waals surface area contributed by atoms with Crippen LogP contribution in [0.4, 0.5) is 0 Å². The van der Waals surface area contributed by atoms with Crippen molar-refractivity contribution in [3.8, 4) is 0 Å². The Morgan fingerprint density at radius 2 is 1.72 bits per heavy atom. The van der Waals surface area contributed by atoms with Crippen molar-refractivity contribution in [2.45, 2.75) is 59.4 Å². The van der Waals surface area contributed by atoms with Gasteiger partial charge >= 0.3 is 0 Å². The summed E-state index contributed by atoms with van der Waals surface area (Å²) in [6.07, 6.45) is 3.22. The number of carbonyl (C=O) groups excluding carboxylic acids is 2. The Hall–Kier alpha value is -1.84. The maximum absolute atomic E-state index is 12.6. The highest BCUT2D eigenvalue weighted by atomic mass is 16.2. The molecule has 0 radical (unpaired) electrons. The highest BCUT2D eigenvalue weighted by Gasteiger charge is 2.29. The Kier molecular flexibility index (Phi) is 9.25. The molecule has 1 N–H and O–H groups in total. The minimum atomic E-state index is -0.415. The largest absolute Gasteiger partial charge is 0.354 e. The van der Waals surface area contributed by atoms with Crippen LogP contribution in [0.25, 0.3) is 0 Å². The molecule has 0 spiro atoms. The normalized spacial score (nSPS) is 12.3. The van der Waals surface area contributed by atoms with Gasteiger partial charge in [-0.1, -0.05) is 64.4 Å². The molecule has 0 aliphatic heterocycles. The Balaban J connectivity index is 2.52. The lowest BCUT2D eigenvalue weighted by Crippen LogP contribution is -2.50. The number of hydrogen-bond acceptors (Lipinski definition) is 2. The van der Waals surface area contributed by atoms with Crippen molar-refractivity contribution in [2.24, 2.45) is 11.8 Å². The van der Waals surface area contributed by atoms with Crippen LogP contribution in [0.15, 0.2) is 30.3 Å². The number of carbonyl (C=O) groups is 2. The summed E-state index contributed by atoms with van der Waals surface area (Å²) in [6.45, 7) is 8.87. The quantitative estimate of drug-likeness (QED) is 0.703. The van der Waals surface area contributed by atoms with E-state index >= 15 is 0 Å². The molecule has 1 atom stereocenters. The number of nitrogens with zero attached hydrogens (tertiary/aromatic N) is 1. The number of benzene rings is 1. The van der Waals surface area contributed by atoms with Crippen molar-refractivity contribution < 1.29 is 9.59 Å². The van der Waals surface area contributed by atoms with Crippen molar-refractivity contribution in [3.05, 3.63) is 35.9 Å². The molecule has 0 saturated carbocycles. The average Bonchev–Trinajstić information content (AvgIpc) is 2.55. The molecule has 0 saturated heterocycles. The molecule has 1 aromatic rings.